The molecular weight excluding hydrogens is 276 g/mol. The number of hydrogen-bond donors (Lipinski definition) is 2. The third-order valence-electron chi connectivity index (χ3n) is 2.72. The number of benzene rings is 1. The summed E-state index contributed by atoms with van der Waals surface area (Å²) in [7, 11) is 0.650. The van der Waals surface area contributed by atoms with E-state index in [1.54, 1.807) is 7.11 Å². The van der Waals surface area contributed by atoms with Crippen molar-refractivity contribution in [2.45, 2.75) is 19.4 Å². The van der Waals surface area contributed by atoms with Gasteiger partial charge >= 0.3 is 0 Å². The van der Waals surface area contributed by atoms with Crippen LogP contribution < -0.4 is 11.1 Å². The first-order valence-corrected chi connectivity index (χ1v) is 8.07. The SMILES string of the molecule is COCCCS(=O)CCC(=O)Nc1cccc(CN)c1. The summed E-state index contributed by atoms with van der Waals surface area (Å²) in [6.07, 6.45) is 1.01. The molecule has 5 nitrogen and oxygen atoms in total. The minimum atomic E-state index is -0.967. The normalized spacial score (nSPS) is 12.1. The Balaban J connectivity index is 2.30. The minimum absolute atomic E-state index is 0.126. The number of ether oxygens (including phenoxy) is 1. The molecule has 0 heterocycles. The van der Waals surface area contributed by atoms with Gasteiger partial charge in [0.05, 0.1) is 0 Å². The van der Waals surface area contributed by atoms with Crippen molar-refractivity contribution in [2.75, 3.05) is 30.5 Å². The van der Waals surface area contributed by atoms with E-state index in [1.165, 1.54) is 0 Å². The van der Waals surface area contributed by atoms with Crippen LogP contribution in [0, 0.1) is 0 Å². The predicted octanol–water partition coefficient (Wildman–Crippen LogP) is 1.26. The number of anilines is 1. The molecule has 0 aliphatic carbocycles. The average molecular weight is 298 g/mol. The highest BCUT2D eigenvalue weighted by Crippen LogP contribution is 2.10. The van der Waals surface area contributed by atoms with Crippen molar-refractivity contribution in [2.24, 2.45) is 5.73 Å². The van der Waals surface area contributed by atoms with Crippen molar-refractivity contribution >= 4 is 22.4 Å². The lowest BCUT2D eigenvalue weighted by Crippen LogP contribution is -2.16. The zero-order chi connectivity index (χ0) is 14.8. The first-order chi connectivity index (χ1) is 9.65. The molecule has 1 aromatic rings. The minimum Gasteiger partial charge on any atom is -0.385 e. The van der Waals surface area contributed by atoms with Crippen LogP contribution in [0.5, 0.6) is 0 Å². The molecule has 0 bridgehead atoms. The van der Waals surface area contributed by atoms with Gasteiger partial charge in [0.2, 0.25) is 5.91 Å². The van der Waals surface area contributed by atoms with E-state index in [-0.39, 0.29) is 12.3 Å². The van der Waals surface area contributed by atoms with Crippen LogP contribution in [0.3, 0.4) is 0 Å². The van der Waals surface area contributed by atoms with Crippen molar-refractivity contribution in [1.29, 1.82) is 0 Å². The van der Waals surface area contributed by atoms with Gasteiger partial charge in [-0.1, -0.05) is 12.1 Å². The lowest BCUT2D eigenvalue weighted by molar-refractivity contribution is -0.115. The molecule has 1 rings (SSSR count). The Labute approximate surface area is 122 Å². The largest absolute Gasteiger partial charge is 0.385 e. The van der Waals surface area contributed by atoms with Crippen molar-refractivity contribution in [3.05, 3.63) is 29.8 Å². The second-order valence-electron chi connectivity index (χ2n) is 4.40. The van der Waals surface area contributed by atoms with Crippen molar-refractivity contribution in [1.82, 2.24) is 0 Å². The van der Waals surface area contributed by atoms with Gasteiger partial charge in [-0.3, -0.25) is 9.00 Å². The first-order valence-electron chi connectivity index (χ1n) is 6.58. The number of nitrogens with one attached hydrogen (secondary N) is 1. The molecule has 1 aromatic carbocycles. The summed E-state index contributed by atoms with van der Waals surface area (Å²) in [6, 6.07) is 7.40. The molecule has 3 N–H and O–H groups in total. The summed E-state index contributed by atoms with van der Waals surface area (Å²) in [5, 5.41) is 2.79. The van der Waals surface area contributed by atoms with Crippen LogP contribution in [0.15, 0.2) is 24.3 Å². The van der Waals surface area contributed by atoms with Crippen LogP contribution in [-0.4, -0.2) is 35.3 Å². The Morgan fingerprint density at radius 1 is 1.40 bits per heavy atom. The Hall–Kier alpha value is -1.24. The average Bonchev–Trinajstić information content (AvgIpc) is 2.45. The second kappa shape index (κ2) is 9.63. The molecule has 0 aliphatic rings. The predicted molar refractivity (Wildman–Crippen MR) is 81.9 cm³/mol. The molecule has 1 unspecified atom stereocenters. The Morgan fingerprint density at radius 3 is 2.90 bits per heavy atom. The highest BCUT2D eigenvalue weighted by molar-refractivity contribution is 7.84. The van der Waals surface area contributed by atoms with E-state index in [0.29, 0.717) is 24.7 Å². The van der Waals surface area contributed by atoms with Gasteiger partial charge in [-0.05, 0) is 24.1 Å². The van der Waals surface area contributed by atoms with Crippen LogP contribution >= 0.6 is 0 Å². The summed E-state index contributed by atoms with van der Waals surface area (Å²) in [5.74, 6) is 0.829. The van der Waals surface area contributed by atoms with Crippen LogP contribution in [0.25, 0.3) is 0 Å². The molecule has 0 radical (unpaired) electrons. The molecule has 0 fully saturated rings. The molecule has 1 atom stereocenters. The van der Waals surface area contributed by atoms with Crippen molar-refractivity contribution < 1.29 is 13.7 Å². The lowest BCUT2D eigenvalue weighted by Gasteiger charge is -2.07. The van der Waals surface area contributed by atoms with Gasteiger partial charge in [-0.25, -0.2) is 0 Å². The number of rotatable bonds is 9. The van der Waals surface area contributed by atoms with E-state index in [4.69, 9.17) is 10.5 Å². The number of carbonyl (C=O) groups excluding carboxylic acids is 1. The first kappa shape index (κ1) is 16.8. The maximum absolute atomic E-state index is 11.7. The summed E-state index contributed by atoms with van der Waals surface area (Å²) < 4.78 is 16.5. The standard InChI is InChI=1S/C14H22N2O3S/c1-19-7-3-8-20(18)9-6-14(17)16-13-5-2-4-12(10-13)11-15/h2,4-5,10H,3,6-9,11,15H2,1H3,(H,16,17). The van der Waals surface area contributed by atoms with Gasteiger partial charge in [0, 0.05) is 54.7 Å². The molecule has 0 aromatic heterocycles. The Kier molecular flexibility index (Phi) is 8.10. The highest BCUT2D eigenvalue weighted by atomic mass is 32.2. The second-order valence-corrected chi connectivity index (χ2v) is 6.09. The van der Waals surface area contributed by atoms with Gasteiger partial charge in [0.15, 0.2) is 0 Å². The van der Waals surface area contributed by atoms with Gasteiger partial charge < -0.3 is 15.8 Å². The third kappa shape index (κ3) is 6.79. The molecule has 0 spiro atoms. The highest BCUT2D eigenvalue weighted by Gasteiger charge is 2.06. The van der Waals surface area contributed by atoms with Gasteiger partial charge in [-0.2, -0.15) is 0 Å². The molecule has 0 aliphatic heterocycles. The molecule has 0 saturated heterocycles. The Bertz CT molecular complexity index is 452. The summed E-state index contributed by atoms with van der Waals surface area (Å²) in [4.78, 5) is 11.7. The van der Waals surface area contributed by atoms with E-state index in [2.05, 4.69) is 5.32 Å². The van der Waals surface area contributed by atoms with E-state index >= 15 is 0 Å². The Morgan fingerprint density at radius 2 is 2.20 bits per heavy atom. The monoisotopic (exact) mass is 298 g/mol. The number of methoxy groups -OCH3 is 1. The van der Waals surface area contributed by atoms with E-state index in [9.17, 15) is 9.00 Å². The smallest absolute Gasteiger partial charge is 0.225 e. The molecule has 112 valence electrons. The molecule has 0 saturated carbocycles. The number of carbonyl (C=O) groups is 1. The third-order valence-corrected chi connectivity index (χ3v) is 4.13. The van der Waals surface area contributed by atoms with Crippen molar-refractivity contribution in [3.63, 3.8) is 0 Å². The molecule has 1 amide bonds. The fourth-order valence-corrected chi connectivity index (χ4v) is 2.73. The fraction of sp³-hybridized carbons (Fsp3) is 0.500. The number of nitrogens with two attached hydrogens (primary N) is 1. The van der Waals surface area contributed by atoms with Crippen LogP contribution in [0.2, 0.25) is 0 Å². The number of hydrogen-bond acceptors (Lipinski definition) is 4. The van der Waals surface area contributed by atoms with Gasteiger partial charge in [-0.15, -0.1) is 0 Å². The molecule has 20 heavy (non-hydrogen) atoms. The van der Waals surface area contributed by atoms with Gasteiger partial charge in [0.25, 0.3) is 0 Å². The van der Waals surface area contributed by atoms with Crippen molar-refractivity contribution in [3.8, 4) is 0 Å². The molecular formula is C14H22N2O3S. The zero-order valence-corrected chi connectivity index (χ0v) is 12.6. The number of amides is 1. The summed E-state index contributed by atoms with van der Waals surface area (Å²) in [5.41, 5.74) is 7.23. The van der Waals surface area contributed by atoms with Crippen LogP contribution in [0.1, 0.15) is 18.4 Å². The van der Waals surface area contributed by atoms with Gasteiger partial charge in [0.1, 0.15) is 0 Å². The maximum Gasteiger partial charge on any atom is 0.225 e. The maximum atomic E-state index is 11.7. The van der Waals surface area contributed by atoms with E-state index in [0.717, 1.165) is 17.7 Å². The zero-order valence-electron chi connectivity index (χ0n) is 11.8. The quantitative estimate of drug-likeness (QED) is 0.673. The summed E-state index contributed by atoms with van der Waals surface area (Å²) >= 11 is 0. The lowest BCUT2D eigenvalue weighted by atomic mass is 10.2. The topological polar surface area (TPSA) is 81.4 Å². The van der Waals surface area contributed by atoms with E-state index in [1.807, 2.05) is 24.3 Å². The van der Waals surface area contributed by atoms with E-state index < -0.39 is 10.8 Å². The van der Waals surface area contributed by atoms with Crippen LogP contribution in [-0.2, 0) is 26.9 Å². The van der Waals surface area contributed by atoms with Crippen LogP contribution in [0.4, 0.5) is 5.69 Å². The molecule has 6 heteroatoms. The summed E-state index contributed by atoms with van der Waals surface area (Å²) in [6.45, 7) is 1.04. The fourth-order valence-electron chi connectivity index (χ4n) is 1.67.